The van der Waals surface area contributed by atoms with Crippen molar-refractivity contribution in [3.63, 3.8) is 0 Å². The van der Waals surface area contributed by atoms with Gasteiger partial charge in [0.25, 0.3) is 5.91 Å². The first-order chi connectivity index (χ1) is 8.58. The Labute approximate surface area is 109 Å². The summed E-state index contributed by atoms with van der Waals surface area (Å²) >= 11 is 0.944. The summed E-state index contributed by atoms with van der Waals surface area (Å²) in [5.41, 5.74) is -0.868. The number of nitrogens with zero attached hydrogens (tertiary/aromatic N) is 3. The summed E-state index contributed by atoms with van der Waals surface area (Å²) in [5.74, 6) is -1.30. The normalized spacial score (nSPS) is 18.3. The Balaban J connectivity index is 2.26. The van der Waals surface area contributed by atoms with Crippen molar-refractivity contribution in [1.82, 2.24) is 13.6 Å². The van der Waals surface area contributed by atoms with Crippen molar-refractivity contribution in [3.8, 4) is 0 Å². The number of hydrogen-bond acceptors (Lipinski definition) is 5. The van der Waals surface area contributed by atoms with Crippen molar-refractivity contribution in [1.29, 1.82) is 0 Å². The molecular weight excluding hydrogens is 254 g/mol. The van der Waals surface area contributed by atoms with E-state index in [4.69, 9.17) is 0 Å². The number of aliphatic carboxylic acids is 1. The molecule has 1 amide bonds. The number of hydrogen-bond donors (Lipinski definition) is 1. The first kappa shape index (κ1) is 12.9. The van der Waals surface area contributed by atoms with Gasteiger partial charge in [0, 0.05) is 7.05 Å². The van der Waals surface area contributed by atoms with Crippen molar-refractivity contribution < 1.29 is 14.7 Å². The smallest absolute Gasteiger partial charge is 0.329 e. The highest BCUT2D eigenvalue weighted by Gasteiger charge is 2.45. The molecule has 0 atom stereocenters. The molecular formula is C11H15N3O3S. The fraction of sp³-hybridized carbons (Fsp3) is 0.636. The topological polar surface area (TPSA) is 83.4 Å². The van der Waals surface area contributed by atoms with Crippen LogP contribution >= 0.6 is 11.7 Å². The Morgan fingerprint density at radius 2 is 2.06 bits per heavy atom. The average Bonchev–Trinajstić information content (AvgIpc) is 2.91. The fourth-order valence-corrected chi connectivity index (χ4v) is 2.86. The van der Waals surface area contributed by atoms with Crippen LogP contribution in [0.2, 0.25) is 0 Å². The van der Waals surface area contributed by atoms with Crippen LogP contribution in [-0.4, -0.2) is 43.2 Å². The van der Waals surface area contributed by atoms with Gasteiger partial charge in [-0.05, 0) is 12.8 Å². The number of amides is 1. The molecule has 1 aliphatic carbocycles. The zero-order valence-corrected chi connectivity index (χ0v) is 10.9. The maximum absolute atomic E-state index is 12.2. The molecule has 0 unspecified atom stereocenters. The number of carbonyl (C=O) groups is 2. The molecule has 1 aromatic rings. The molecule has 0 bridgehead atoms. The maximum Gasteiger partial charge on any atom is 0.329 e. The third-order valence-electron chi connectivity index (χ3n) is 3.61. The van der Waals surface area contributed by atoms with Crippen molar-refractivity contribution in [2.45, 2.75) is 37.6 Å². The Hall–Kier alpha value is -1.50. The molecule has 0 aliphatic heterocycles. The first-order valence-corrected chi connectivity index (χ1v) is 6.60. The number of rotatable bonds is 3. The highest BCUT2D eigenvalue weighted by molar-refractivity contribution is 6.99. The maximum atomic E-state index is 12.2. The van der Waals surface area contributed by atoms with E-state index >= 15 is 0 Å². The van der Waals surface area contributed by atoms with E-state index in [0.717, 1.165) is 31.0 Å². The van der Waals surface area contributed by atoms with Gasteiger partial charge in [-0.25, -0.2) is 4.79 Å². The van der Waals surface area contributed by atoms with Crippen LogP contribution < -0.4 is 0 Å². The van der Waals surface area contributed by atoms with Crippen LogP contribution in [0.1, 0.15) is 42.6 Å². The number of aromatic nitrogens is 2. The quantitative estimate of drug-likeness (QED) is 0.896. The minimum Gasteiger partial charge on any atom is -0.479 e. The predicted molar refractivity (Wildman–Crippen MR) is 65.5 cm³/mol. The second kappa shape index (κ2) is 5.01. The standard InChI is InChI=1S/C11H15N3O3S/c1-14(9(15)8-7-12-18-13-8)11(10(16)17)5-3-2-4-6-11/h7H,2-6H2,1H3,(H,16,17). The first-order valence-electron chi connectivity index (χ1n) is 5.87. The molecule has 1 N–H and O–H groups in total. The molecule has 0 radical (unpaired) electrons. The van der Waals surface area contributed by atoms with E-state index < -0.39 is 11.5 Å². The van der Waals surface area contributed by atoms with Gasteiger partial charge in [0.15, 0.2) is 5.69 Å². The van der Waals surface area contributed by atoms with E-state index in [1.165, 1.54) is 11.1 Å². The third kappa shape index (κ3) is 2.10. The van der Waals surface area contributed by atoms with Crippen molar-refractivity contribution in [2.75, 3.05) is 7.05 Å². The minimum atomic E-state index is -1.08. The summed E-state index contributed by atoms with van der Waals surface area (Å²) in [6.45, 7) is 0. The molecule has 7 heteroatoms. The molecule has 0 spiro atoms. The molecule has 1 fully saturated rings. The minimum absolute atomic E-state index is 0.216. The van der Waals surface area contributed by atoms with Crippen molar-refractivity contribution >= 4 is 23.6 Å². The monoisotopic (exact) mass is 269 g/mol. The van der Waals surface area contributed by atoms with Crippen LogP contribution in [0.4, 0.5) is 0 Å². The summed E-state index contributed by atoms with van der Waals surface area (Å²) in [4.78, 5) is 25.1. The third-order valence-corrected chi connectivity index (χ3v) is 4.08. The number of carboxylic acid groups (broad SMARTS) is 1. The summed E-state index contributed by atoms with van der Waals surface area (Å²) in [6.07, 6.45) is 5.07. The number of carboxylic acids is 1. The SMILES string of the molecule is CN(C(=O)c1cnsn1)C1(C(=O)O)CCCCC1. The molecule has 1 heterocycles. The van der Waals surface area contributed by atoms with E-state index in [0.29, 0.717) is 12.8 Å². The molecule has 2 rings (SSSR count). The van der Waals surface area contributed by atoms with Gasteiger partial charge in [0.2, 0.25) is 0 Å². The van der Waals surface area contributed by atoms with E-state index in [9.17, 15) is 14.7 Å². The lowest BCUT2D eigenvalue weighted by Crippen LogP contribution is -2.56. The van der Waals surface area contributed by atoms with Gasteiger partial charge in [-0.15, -0.1) is 0 Å². The van der Waals surface area contributed by atoms with E-state index in [1.807, 2.05) is 0 Å². The lowest BCUT2D eigenvalue weighted by Gasteiger charge is -2.40. The van der Waals surface area contributed by atoms with Crippen LogP contribution in [0.15, 0.2) is 6.20 Å². The lowest BCUT2D eigenvalue weighted by atomic mass is 9.80. The van der Waals surface area contributed by atoms with Gasteiger partial charge >= 0.3 is 5.97 Å². The van der Waals surface area contributed by atoms with Gasteiger partial charge in [-0.3, -0.25) is 4.79 Å². The second-order valence-corrected chi connectivity index (χ2v) is 5.11. The molecule has 18 heavy (non-hydrogen) atoms. The van der Waals surface area contributed by atoms with Gasteiger partial charge in [0.1, 0.15) is 5.54 Å². The number of likely N-dealkylation sites (N-methyl/N-ethyl adjacent to an activating group) is 1. The molecule has 1 aromatic heterocycles. The van der Waals surface area contributed by atoms with Crippen LogP contribution in [0.25, 0.3) is 0 Å². The van der Waals surface area contributed by atoms with Crippen LogP contribution in [0, 0.1) is 0 Å². The lowest BCUT2D eigenvalue weighted by molar-refractivity contribution is -0.151. The molecule has 1 aliphatic rings. The molecule has 98 valence electrons. The summed E-state index contributed by atoms with van der Waals surface area (Å²) in [7, 11) is 1.54. The largest absolute Gasteiger partial charge is 0.479 e. The second-order valence-electron chi connectivity index (χ2n) is 4.55. The van der Waals surface area contributed by atoms with Gasteiger partial charge in [-0.1, -0.05) is 19.3 Å². The van der Waals surface area contributed by atoms with Crippen LogP contribution in [0.3, 0.4) is 0 Å². The Morgan fingerprint density at radius 3 is 2.56 bits per heavy atom. The molecule has 0 aromatic carbocycles. The van der Waals surface area contributed by atoms with Gasteiger partial charge < -0.3 is 10.0 Å². The highest BCUT2D eigenvalue weighted by atomic mass is 32.1. The molecule has 1 saturated carbocycles. The number of carbonyl (C=O) groups excluding carboxylic acids is 1. The fourth-order valence-electron chi connectivity index (χ4n) is 2.45. The van der Waals surface area contributed by atoms with E-state index in [2.05, 4.69) is 8.75 Å². The Morgan fingerprint density at radius 1 is 1.39 bits per heavy atom. The van der Waals surface area contributed by atoms with E-state index in [-0.39, 0.29) is 11.6 Å². The van der Waals surface area contributed by atoms with E-state index in [1.54, 1.807) is 7.05 Å². The Bertz CT molecular complexity index is 440. The molecule has 6 nitrogen and oxygen atoms in total. The van der Waals surface area contributed by atoms with Gasteiger partial charge in [0.05, 0.1) is 17.9 Å². The highest BCUT2D eigenvalue weighted by Crippen LogP contribution is 2.34. The van der Waals surface area contributed by atoms with Crippen LogP contribution in [0.5, 0.6) is 0 Å². The average molecular weight is 269 g/mol. The predicted octanol–water partition coefficient (Wildman–Crippen LogP) is 1.40. The zero-order valence-electron chi connectivity index (χ0n) is 10.1. The summed E-state index contributed by atoms with van der Waals surface area (Å²) < 4.78 is 7.64. The Kier molecular flexibility index (Phi) is 3.60. The van der Waals surface area contributed by atoms with Gasteiger partial charge in [-0.2, -0.15) is 8.75 Å². The molecule has 0 saturated heterocycles. The summed E-state index contributed by atoms with van der Waals surface area (Å²) in [5, 5.41) is 9.48. The van der Waals surface area contributed by atoms with Crippen molar-refractivity contribution in [3.05, 3.63) is 11.9 Å². The van der Waals surface area contributed by atoms with Crippen molar-refractivity contribution in [2.24, 2.45) is 0 Å². The summed E-state index contributed by atoms with van der Waals surface area (Å²) in [6, 6.07) is 0. The van der Waals surface area contributed by atoms with Crippen LogP contribution in [-0.2, 0) is 4.79 Å². The zero-order chi connectivity index (χ0) is 13.2.